The van der Waals surface area contributed by atoms with Crippen LogP contribution in [0.3, 0.4) is 0 Å². The zero-order chi connectivity index (χ0) is 12.1. The van der Waals surface area contributed by atoms with E-state index in [1.165, 1.54) is 11.1 Å². The van der Waals surface area contributed by atoms with Crippen LogP contribution in [0.25, 0.3) is 0 Å². The van der Waals surface area contributed by atoms with E-state index in [1.54, 1.807) is 6.92 Å². The van der Waals surface area contributed by atoms with Gasteiger partial charge in [-0.25, -0.2) is 0 Å². The molecule has 16 heavy (non-hydrogen) atoms. The van der Waals surface area contributed by atoms with Crippen LogP contribution in [-0.2, 0) is 16.0 Å². The predicted octanol–water partition coefficient (Wildman–Crippen LogP) is 1.74. The molecule has 0 aromatic heterocycles. The van der Waals surface area contributed by atoms with Crippen LogP contribution in [0.15, 0.2) is 18.2 Å². The van der Waals surface area contributed by atoms with Crippen LogP contribution in [0.4, 0.5) is 0 Å². The van der Waals surface area contributed by atoms with E-state index in [1.807, 2.05) is 26.0 Å². The molecule has 0 spiro atoms. The molecule has 0 saturated carbocycles. The Morgan fingerprint density at radius 1 is 1.31 bits per heavy atom. The van der Waals surface area contributed by atoms with Crippen molar-refractivity contribution in [2.45, 2.75) is 33.2 Å². The fraction of sp³-hybridized carbons (Fsp3) is 0.462. The van der Waals surface area contributed by atoms with Crippen molar-refractivity contribution in [3.8, 4) is 0 Å². The number of ether oxygens (including phenoxy) is 1. The smallest absolute Gasteiger partial charge is 0.323 e. The highest BCUT2D eigenvalue weighted by Crippen LogP contribution is 2.10. The third kappa shape index (κ3) is 3.66. The van der Waals surface area contributed by atoms with E-state index < -0.39 is 6.04 Å². The lowest BCUT2D eigenvalue weighted by atomic mass is 10.0. The Kier molecular flexibility index (Phi) is 4.50. The Morgan fingerprint density at radius 3 is 2.38 bits per heavy atom. The highest BCUT2D eigenvalue weighted by molar-refractivity contribution is 5.75. The molecular formula is C13H19NO2. The van der Waals surface area contributed by atoms with Gasteiger partial charge in [0.05, 0.1) is 6.61 Å². The first-order valence-electron chi connectivity index (χ1n) is 5.52. The van der Waals surface area contributed by atoms with Crippen molar-refractivity contribution in [1.82, 2.24) is 0 Å². The number of aryl methyl sites for hydroxylation is 2. The zero-order valence-corrected chi connectivity index (χ0v) is 10.1. The maximum absolute atomic E-state index is 11.4. The Morgan fingerprint density at radius 2 is 1.88 bits per heavy atom. The number of nitrogens with two attached hydrogens (primary N) is 1. The van der Waals surface area contributed by atoms with E-state index in [9.17, 15) is 4.79 Å². The molecule has 3 heteroatoms. The highest BCUT2D eigenvalue weighted by Gasteiger charge is 2.15. The van der Waals surface area contributed by atoms with E-state index in [-0.39, 0.29) is 5.97 Å². The first kappa shape index (κ1) is 12.7. The summed E-state index contributed by atoms with van der Waals surface area (Å²) in [5.41, 5.74) is 9.21. The van der Waals surface area contributed by atoms with E-state index >= 15 is 0 Å². The quantitative estimate of drug-likeness (QED) is 0.788. The molecule has 0 aliphatic carbocycles. The average Bonchev–Trinajstić information content (AvgIpc) is 2.16. The van der Waals surface area contributed by atoms with Gasteiger partial charge in [0, 0.05) is 0 Å². The third-order valence-corrected chi connectivity index (χ3v) is 2.33. The lowest BCUT2D eigenvalue weighted by Gasteiger charge is -2.11. The highest BCUT2D eigenvalue weighted by atomic mass is 16.5. The lowest BCUT2D eigenvalue weighted by molar-refractivity contribution is -0.144. The van der Waals surface area contributed by atoms with Crippen LogP contribution < -0.4 is 5.73 Å². The largest absolute Gasteiger partial charge is 0.465 e. The normalized spacial score (nSPS) is 12.2. The van der Waals surface area contributed by atoms with E-state index in [0.717, 1.165) is 5.56 Å². The van der Waals surface area contributed by atoms with Gasteiger partial charge in [-0.3, -0.25) is 4.79 Å². The molecule has 1 aromatic carbocycles. The monoisotopic (exact) mass is 221 g/mol. The van der Waals surface area contributed by atoms with Gasteiger partial charge in [0.1, 0.15) is 6.04 Å². The topological polar surface area (TPSA) is 52.3 Å². The molecule has 1 atom stereocenters. The molecule has 0 aliphatic heterocycles. The standard InChI is InChI=1S/C13H19NO2/c1-4-16-13(15)12(14)8-11-6-9(2)5-10(3)7-11/h5-7,12H,4,8,14H2,1-3H3. The minimum atomic E-state index is -0.568. The Hall–Kier alpha value is -1.35. The van der Waals surface area contributed by atoms with Crippen molar-refractivity contribution in [2.24, 2.45) is 5.73 Å². The van der Waals surface area contributed by atoms with Gasteiger partial charge in [0.2, 0.25) is 0 Å². The van der Waals surface area contributed by atoms with Gasteiger partial charge < -0.3 is 10.5 Å². The number of hydrogen-bond donors (Lipinski definition) is 1. The van der Waals surface area contributed by atoms with Crippen LogP contribution >= 0.6 is 0 Å². The van der Waals surface area contributed by atoms with Gasteiger partial charge in [-0.1, -0.05) is 29.3 Å². The summed E-state index contributed by atoms with van der Waals surface area (Å²) in [6, 6.07) is 5.62. The molecule has 3 nitrogen and oxygen atoms in total. The summed E-state index contributed by atoms with van der Waals surface area (Å²) in [7, 11) is 0. The molecule has 0 radical (unpaired) electrons. The maximum Gasteiger partial charge on any atom is 0.323 e. The second-order valence-electron chi connectivity index (χ2n) is 4.06. The zero-order valence-electron chi connectivity index (χ0n) is 10.1. The average molecular weight is 221 g/mol. The van der Waals surface area contributed by atoms with Crippen LogP contribution in [0.5, 0.6) is 0 Å². The lowest BCUT2D eigenvalue weighted by Crippen LogP contribution is -2.34. The fourth-order valence-corrected chi connectivity index (χ4v) is 1.77. The van der Waals surface area contributed by atoms with Crippen LogP contribution in [0.1, 0.15) is 23.6 Å². The van der Waals surface area contributed by atoms with E-state index in [2.05, 4.69) is 6.07 Å². The predicted molar refractivity (Wildman–Crippen MR) is 64.2 cm³/mol. The summed E-state index contributed by atoms with van der Waals surface area (Å²) in [5.74, 6) is -0.332. The molecule has 0 bridgehead atoms. The van der Waals surface area contributed by atoms with Crippen LogP contribution in [-0.4, -0.2) is 18.6 Å². The summed E-state index contributed by atoms with van der Waals surface area (Å²) < 4.78 is 4.87. The Labute approximate surface area is 96.6 Å². The number of carbonyl (C=O) groups excluding carboxylic acids is 1. The SMILES string of the molecule is CCOC(=O)C(N)Cc1cc(C)cc(C)c1. The van der Waals surface area contributed by atoms with Crippen molar-refractivity contribution in [2.75, 3.05) is 6.61 Å². The van der Waals surface area contributed by atoms with E-state index in [0.29, 0.717) is 13.0 Å². The maximum atomic E-state index is 11.4. The number of esters is 1. The van der Waals surface area contributed by atoms with E-state index in [4.69, 9.17) is 10.5 Å². The number of carbonyl (C=O) groups is 1. The number of rotatable bonds is 4. The first-order chi connectivity index (χ1) is 7.52. The van der Waals surface area contributed by atoms with Gasteiger partial charge in [-0.15, -0.1) is 0 Å². The molecular weight excluding hydrogens is 202 g/mol. The van der Waals surface area contributed by atoms with Crippen molar-refractivity contribution < 1.29 is 9.53 Å². The van der Waals surface area contributed by atoms with Crippen molar-refractivity contribution in [3.05, 3.63) is 34.9 Å². The van der Waals surface area contributed by atoms with Crippen LogP contribution in [0, 0.1) is 13.8 Å². The summed E-state index contributed by atoms with van der Waals surface area (Å²) >= 11 is 0. The molecule has 1 aromatic rings. The van der Waals surface area contributed by atoms with Crippen molar-refractivity contribution in [1.29, 1.82) is 0 Å². The summed E-state index contributed by atoms with van der Waals surface area (Å²) in [6.07, 6.45) is 0.529. The van der Waals surface area contributed by atoms with Gasteiger partial charge in [-0.05, 0) is 32.8 Å². The number of benzene rings is 1. The van der Waals surface area contributed by atoms with Gasteiger partial charge in [-0.2, -0.15) is 0 Å². The minimum Gasteiger partial charge on any atom is -0.465 e. The number of hydrogen-bond acceptors (Lipinski definition) is 3. The molecule has 1 rings (SSSR count). The molecule has 88 valence electrons. The second kappa shape index (κ2) is 5.66. The molecule has 0 aliphatic rings. The molecule has 0 amide bonds. The van der Waals surface area contributed by atoms with Gasteiger partial charge >= 0.3 is 5.97 Å². The third-order valence-electron chi connectivity index (χ3n) is 2.33. The fourth-order valence-electron chi connectivity index (χ4n) is 1.77. The molecule has 0 heterocycles. The molecule has 2 N–H and O–H groups in total. The van der Waals surface area contributed by atoms with Gasteiger partial charge in [0.15, 0.2) is 0 Å². The molecule has 0 fully saturated rings. The summed E-state index contributed by atoms with van der Waals surface area (Å²) in [4.78, 5) is 11.4. The molecule has 0 saturated heterocycles. The van der Waals surface area contributed by atoms with Crippen LogP contribution in [0.2, 0.25) is 0 Å². The second-order valence-corrected chi connectivity index (χ2v) is 4.06. The minimum absolute atomic E-state index is 0.332. The Balaban J connectivity index is 2.69. The summed E-state index contributed by atoms with van der Waals surface area (Å²) in [5, 5.41) is 0. The summed E-state index contributed by atoms with van der Waals surface area (Å²) in [6.45, 7) is 6.22. The van der Waals surface area contributed by atoms with Gasteiger partial charge in [0.25, 0.3) is 0 Å². The van der Waals surface area contributed by atoms with Crippen molar-refractivity contribution in [3.63, 3.8) is 0 Å². The Bertz CT molecular complexity index is 354. The van der Waals surface area contributed by atoms with Crippen molar-refractivity contribution >= 4 is 5.97 Å². The first-order valence-corrected chi connectivity index (χ1v) is 5.52. The molecule has 1 unspecified atom stereocenters.